The van der Waals surface area contributed by atoms with Gasteiger partial charge in [-0.2, -0.15) is 10.1 Å². The highest BCUT2D eigenvalue weighted by atomic mass is 15.2. The van der Waals surface area contributed by atoms with Crippen molar-refractivity contribution in [2.45, 2.75) is 6.54 Å². The average molecular weight is 302 g/mol. The predicted molar refractivity (Wildman–Crippen MR) is 88.7 cm³/mol. The number of fused-ring (bicyclic) bond motifs is 1. The highest BCUT2D eigenvalue weighted by Gasteiger charge is 2.11. The Morgan fingerprint density at radius 2 is 1.74 bits per heavy atom. The first-order valence-electron chi connectivity index (χ1n) is 7.30. The van der Waals surface area contributed by atoms with Gasteiger partial charge in [0, 0.05) is 11.9 Å². The molecule has 0 aliphatic heterocycles. The van der Waals surface area contributed by atoms with Gasteiger partial charge in [0.25, 0.3) is 0 Å². The van der Waals surface area contributed by atoms with E-state index >= 15 is 0 Å². The maximum absolute atomic E-state index is 4.46. The number of aromatic nitrogens is 5. The van der Waals surface area contributed by atoms with Crippen molar-refractivity contribution in [2.75, 3.05) is 5.32 Å². The summed E-state index contributed by atoms with van der Waals surface area (Å²) in [6.45, 7) is 0.658. The van der Waals surface area contributed by atoms with Gasteiger partial charge in [0.15, 0.2) is 5.82 Å². The molecule has 0 amide bonds. The second kappa shape index (κ2) is 5.84. The Balaban J connectivity index is 1.61. The normalized spacial score (nSPS) is 10.8. The molecule has 0 radical (unpaired) electrons. The molecule has 0 aliphatic carbocycles. The van der Waals surface area contributed by atoms with Crippen LogP contribution in [0.1, 0.15) is 5.56 Å². The van der Waals surface area contributed by atoms with E-state index in [0.717, 1.165) is 16.6 Å². The van der Waals surface area contributed by atoms with Crippen molar-refractivity contribution in [1.82, 2.24) is 25.1 Å². The van der Waals surface area contributed by atoms with Gasteiger partial charge in [0.2, 0.25) is 5.95 Å². The fourth-order valence-electron chi connectivity index (χ4n) is 2.41. The van der Waals surface area contributed by atoms with Crippen LogP contribution in [0.15, 0.2) is 60.9 Å². The molecule has 2 N–H and O–H groups in total. The summed E-state index contributed by atoms with van der Waals surface area (Å²) in [5.41, 5.74) is 2.85. The van der Waals surface area contributed by atoms with Crippen molar-refractivity contribution >= 4 is 16.9 Å². The Morgan fingerprint density at radius 1 is 0.913 bits per heavy atom. The Morgan fingerprint density at radius 3 is 2.65 bits per heavy atom. The van der Waals surface area contributed by atoms with E-state index < -0.39 is 0 Å². The first kappa shape index (κ1) is 13.4. The zero-order valence-electron chi connectivity index (χ0n) is 12.3. The molecule has 2 aromatic carbocycles. The third-order valence-corrected chi connectivity index (χ3v) is 3.55. The van der Waals surface area contributed by atoms with Crippen LogP contribution in [0.4, 0.5) is 5.95 Å². The second-order valence-corrected chi connectivity index (χ2v) is 5.09. The third-order valence-electron chi connectivity index (χ3n) is 3.55. The summed E-state index contributed by atoms with van der Waals surface area (Å²) >= 11 is 0. The minimum absolute atomic E-state index is 0.533. The fourth-order valence-corrected chi connectivity index (χ4v) is 2.41. The highest BCUT2D eigenvalue weighted by Crippen LogP contribution is 2.23. The lowest BCUT2D eigenvalue weighted by atomic mass is 10.2. The van der Waals surface area contributed by atoms with E-state index in [-0.39, 0.29) is 0 Å². The molecular weight excluding hydrogens is 288 g/mol. The van der Waals surface area contributed by atoms with Crippen molar-refractivity contribution < 1.29 is 0 Å². The number of H-pyrrole nitrogens is 1. The van der Waals surface area contributed by atoms with Crippen LogP contribution in [-0.4, -0.2) is 25.1 Å². The molecule has 0 bridgehead atoms. The number of aromatic amines is 1. The van der Waals surface area contributed by atoms with Crippen LogP contribution in [0.25, 0.3) is 22.4 Å². The van der Waals surface area contributed by atoms with Crippen LogP contribution in [-0.2, 0) is 6.54 Å². The second-order valence-electron chi connectivity index (χ2n) is 5.09. The van der Waals surface area contributed by atoms with Crippen LogP contribution in [0.2, 0.25) is 0 Å². The molecule has 0 saturated heterocycles. The number of rotatable bonds is 4. The van der Waals surface area contributed by atoms with Gasteiger partial charge in [-0.1, -0.05) is 48.5 Å². The van der Waals surface area contributed by atoms with Gasteiger partial charge in [-0.05, 0) is 11.6 Å². The van der Waals surface area contributed by atoms with Crippen molar-refractivity contribution in [3.05, 3.63) is 66.5 Å². The first-order valence-corrected chi connectivity index (χ1v) is 7.30. The Hall–Kier alpha value is -3.28. The first-order chi connectivity index (χ1) is 11.4. The molecule has 6 heteroatoms. The van der Waals surface area contributed by atoms with E-state index in [1.165, 1.54) is 11.9 Å². The van der Waals surface area contributed by atoms with E-state index in [1.54, 1.807) is 0 Å². The molecule has 4 rings (SSSR count). The molecule has 0 fully saturated rings. The lowest BCUT2D eigenvalue weighted by Crippen LogP contribution is -2.05. The maximum atomic E-state index is 4.46. The lowest BCUT2D eigenvalue weighted by Gasteiger charge is -2.05. The molecule has 2 heterocycles. The zero-order valence-corrected chi connectivity index (χ0v) is 12.3. The van der Waals surface area contributed by atoms with Gasteiger partial charge in [-0.3, -0.25) is 5.10 Å². The molecule has 4 aromatic rings. The molecule has 112 valence electrons. The summed E-state index contributed by atoms with van der Waals surface area (Å²) in [7, 11) is 0. The van der Waals surface area contributed by atoms with E-state index in [4.69, 9.17) is 0 Å². The van der Waals surface area contributed by atoms with Gasteiger partial charge in [0.05, 0.1) is 5.52 Å². The van der Waals surface area contributed by atoms with Crippen molar-refractivity contribution in [1.29, 1.82) is 0 Å². The molecule has 0 saturated carbocycles. The van der Waals surface area contributed by atoms with Crippen molar-refractivity contribution in [3.8, 4) is 11.5 Å². The smallest absolute Gasteiger partial charge is 0.226 e. The monoisotopic (exact) mass is 302 g/mol. The SMILES string of the molecule is c1ccc(CNc2ncnc(-c3n[nH]c4ccccc34)n2)cc1. The molecule has 0 unspecified atom stereocenters. The Kier molecular flexibility index (Phi) is 3.40. The molecule has 23 heavy (non-hydrogen) atoms. The Labute approximate surface area is 132 Å². The van der Waals surface area contributed by atoms with Gasteiger partial charge in [-0.15, -0.1) is 0 Å². The number of benzene rings is 2. The van der Waals surface area contributed by atoms with Crippen LogP contribution < -0.4 is 5.32 Å². The summed E-state index contributed by atoms with van der Waals surface area (Å²) in [4.78, 5) is 12.9. The molecule has 0 atom stereocenters. The van der Waals surface area contributed by atoms with Gasteiger partial charge in [0.1, 0.15) is 12.0 Å². The largest absolute Gasteiger partial charge is 0.350 e. The molecule has 0 spiro atoms. The fraction of sp³-hybridized carbons (Fsp3) is 0.0588. The number of hydrogen-bond donors (Lipinski definition) is 2. The number of hydrogen-bond acceptors (Lipinski definition) is 5. The molecule has 2 aromatic heterocycles. The molecule has 6 nitrogen and oxygen atoms in total. The topological polar surface area (TPSA) is 79.4 Å². The molecular formula is C17H14N6. The van der Waals surface area contributed by atoms with E-state index in [9.17, 15) is 0 Å². The quantitative estimate of drug-likeness (QED) is 0.606. The average Bonchev–Trinajstić information content (AvgIpc) is 3.05. The van der Waals surface area contributed by atoms with Crippen molar-refractivity contribution in [2.24, 2.45) is 0 Å². The number of nitrogens with one attached hydrogen (secondary N) is 2. The van der Waals surface area contributed by atoms with Gasteiger partial charge in [-0.25, -0.2) is 9.97 Å². The zero-order chi connectivity index (χ0) is 15.5. The summed E-state index contributed by atoms with van der Waals surface area (Å²) in [6.07, 6.45) is 1.50. The Bertz CT molecular complexity index is 932. The van der Waals surface area contributed by atoms with Crippen LogP contribution in [0.5, 0.6) is 0 Å². The minimum atomic E-state index is 0.533. The van der Waals surface area contributed by atoms with Gasteiger partial charge < -0.3 is 5.32 Å². The highest BCUT2D eigenvalue weighted by molar-refractivity contribution is 5.90. The van der Waals surface area contributed by atoms with Crippen LogP contribution in [0, 0.1) is 0 Å². The summed E-state index contributed by atoms with van der Waals surface area (Å²) in [5.74, 6) is 1.08. The number of para-hydroxylation sites is 1. The standard InChI is InChI=1S/C17H14N6/c1-2-6-12(7-3-1)10-18-17-20-11-19-16(21-17)15-13-8-4-5-9-14(13)22-23-15/h1-9,11H,10H2,(H,22,23)(H,18,19,20,21). The van der Waals surface area contributed by atoms with E-state index in [0.29, 0.717) is 18.3 Å². The third kappa shape index (κ3) is 2.74. The van der Waals surface area contributed by atoms with Crippen molar-refractivity contribution in [3.63, 3.8) is 0 Å². The lowest BCUT2D eigenvalue weighted by molar-refractivity contribution is 0.994. The van der Waals surface area contributed by atoms with E-state index in [1.807, 2.05) is 42.5 Å². The number of anilines is 1. The summed E-state index contributed by atoms with van der Waals surface area (Å²) in [6, 6.07) is 18.0. The van der Waals surface area contributed by atoms with E-state index in [2.05, 4.69) is 42.6 Å². The van der Waals surface area contributed by atoms with Crippen LogP contribution >= 0.6 is 0 Å². The minimum Gasteiger partial charge on any atom is -0.350 e. The van der Waals surface area contributed by atoms with Gasteiger partial charge >= 0.3 is 0 Å². The summed E-state index contributed by atoms with van der Waals surface area (Å²) in [5, 5.41) is 11.5. The van der Waals surface area contributed by atoms with Crippen LogP contribution in [0.3, 0.4) is 0 Å². The predicted octanol–water partition coefficient (Wildman–Crippen LogP) is 3.03. The maximum Gasteiger partial charge on any atom is 0.226 e. The number of nitrogens with zero attached hydrogens (tertiary/aromatic N) is 4. The molecule has 0 aliphatic rings. The summed E-state index contributed by atoms with van der Waals surface area (Å²) < 4.78 is 0.